The molecule has 0 spiro atoms. The molecular formula is C15H18FNO3. The average molecular weight is 279 g/mol. The van der Waals surface area contributed by atoms with Crippen LogP contribution >= 0.6 is 0 Å². The van der Waals surface area contributed by atoms with E-state index in [-0.39, 0.29) is 24.4 Å². The molecule has 3 rings (SSSR count). The predicted molar refractivity (Wildman–Crippen MR) is 71.0 cm³/mol. The number of aliphatic carboxylic acids is 1. The first-order valence-electron chi connectivity index (χ1n) is 6.99. The minimum Gasteiger partial charge on any atom is -0.481 e. The van der Waals surface area contributed by atoms with E-state index in [1.165, 1.54) is 11.6 Å². The summed E-state index contributed by atoms with van der Waals surface area (Å²) in [5.41, 5.74) is 2.26. The van der Waals surface area contributed by atoms with E-state index in [4.69, 9.17) is 9.84 Å². The Kier molecular flexibility index (Phi) is 3.72. The van der Waals surface area contributed by atoms with Crippen LogP contribution in [0.3, 0.4) is 0 Å². The van der Waals surface area contributed by atoms with E-state index < -0.39 is 5.97 Å². The van der Waals surface area contributed by atoms with Crippen molar-refractivity contribution in [2.24, 2.45) is 0 Å². The van der Waals surface area contributed by atoms with Gasteiger partial charge in [0.25, 0.3) is 0 Å². The number of nitrogens with zero attached hydrogens (tertiary/aromatic N) is 1. The Bertz CT molecular complexity index is 520. The van der Waals surface area contributed by atoms with Crippen molar-refractivity contribution in [3.8, 4) is 0 Å². The van der Waals surface area contributed by atoms with E-state index in [9.17, 15) is 9.18 Å². The number of fused-ring (bicyclic) bond motifs is 1. The number of halogens is 1. The molecule has 1 aliphatic heterocycles. The van der Waals surface area contributed by atoms with Crippen LogP contribution in [-0.4, -0.2) is 41.8 Å². The summed E-state index contributed by atoms with van der Waals surface area (Å²) in [5.74, 6) is -1.01. The molecule has 0 bridgehead atoms. The van der Waals surface area contributed by atoms with Crippen molar-refractivity contribution in [1.82, 2.24) is 4.90 Å². The van der Waals surface area contributed by atoms with Gasteiger partial charge in [0.2, 0.25) is 0 Å². The van der Waals surface area contributed by atoms with Crippen molar-refractivity contribution in [1.29, 1.82) is 0 Å². The molecule has 2 atom stereocenters. The Morgan fingerprint density at radius 3 is 3.15 bits per heavy atom. The zero-order valence-electron chi connectivity index (χ0n) is 11.2. The highest BCUT2D eigenvalue weighted by molar-refractivity contribution is 5.67. The molecule has 0 aromatic heterocycles. The number of carbonyl (C=O) groups is 1. The van der Waals surface area contributed by atoms with Gasteiger partial charge in [-0.1, -0.05) is 6.07 Å². The highest BCUT2D eigenvalue weighted by Crippen LogP contribution is 2.36. The molecule has 1 aliphatic carbocycles. The van der Waals surface area contributed by atoms with Crippen molar-refractivity contribution in [3.63, 3.8) is 0 Å². The zero-order valence-corrected chi connectivity index (χ0v) is 11.2. The van der Waals surface area contributed by atoms with Crippen molar-refractivity contribution in [2.75, 3.05) is 19.7 Å². The topological polar surface area (TPSA) is 49.8 Å². The largest absolute Gasteiger partial charge is 0.481 e. The monoisotopic (exact) mass is 279 g/mol. The van der Waals surface area contributed by atoms with Gasteiger partial charge in [0, 0.05) is 19.1 Å². The predicted octanol–water partition coefficient (Wildman–Crippen LogP) is 1.99. The Labute approximate surface area is 117 Å². The molecule has 1 saturated heterocycles. The summed E-state index contributed by atoms with van der Waals surface area (Å²) in [4.78, 5) is 13.1. The molecule has 20 heavy (non-hydrogen) atoms. The summed E-state index contributed by atoms with van der Waals surface area (Å²) in [6.45, 7) is 2.00. The van der Waals surface area contributed by atoms with Crippen molar-refractivity contribution in [3.05, 3.63) is 35.1 Å². The van der Waals surface area contributed by atoms with Crippen LogP contribution in [0.25, 0.3) is 0 Å². The van der Waals surface area contributed by atoms with E-state index in [1.807, 2.05) is 6.07 Å². The van der Waals surface area contributed by atoms with E-state index in [0.29, 0.717) is 13.2 Å². The van der Waals surface area contributed by atoms with E-state index in [0.717, 1.165) is 24.9 Å². The molecule has 1 aromatic rings. The molecule has 2 aliphatic rings. The van der Waals surface area contributed by atoms with Crippen molar-refractivity contribution in [2.45, 2.75) is 31.4 Å². The van der Waals surface area contributed by atoms with Crippen LogP contribution in [0.15, 0.2) is 18.2 Å². The lowest BCUT2D eigenvalue weighted by Crippen LogP contribution is -2.44. The van der Waals surface area contributed by atoms with Gasteiger partial charge in [0.15, 0.2) is 0 Å². The SMILES string of the molecule is O=C(O)CC1CN(C2CCc3cc(F)ccc32)CCO1. The summed E-state index contributed by atoms with van der Waals surface area (Å²) in [6, 6.07) is 5.26. The lowest BCUT2D eigenvalue weighted by molar-refractivity contribution is -0.142. The van der Waals surface area contributed by atoms with Crippen LogP contribution < -0.4 is 0 Å². The smallest absolute Gasteiger partial charge is 0.306 e. The molecule has 0 radical (unpaired) electrons. The number of carboxylic acids is 1. The normalized spacial score (nSPS) is 26.4. The van der Waals surface area contributed by atoms with Crippen LogP contribution in [0.2, 0.25) is 0 Å². The van der Waals surface area contributed by atoms with Gasteiger partial charge < -0.3 is 9.84 Å². The number of ether oxygens (including phenoxy) is 1. The summed E-state index contributed by atoms with van der Waals surface area (Å²) in [7, 11) is 0. The van der Waals surface area contributed by atoms with Gasteiger partial charge in [-0.25, -0.2) is 4.39 Å². The van der Waals surface area contributed by atoms with Crippen molar-refractivity contribution < 1.29 is 19.0 Å². The first kappa shape index (κ1) is 13.5. The maximum Gasteiger partial charge on any atom is 0.306 e. The Hall–Kier alpha value is -1.46. The van der Waals surface area contributed by atoms with Crippen LogP contribution in [0.1, 0.15) is 30.0 Å². The molecule has 5 heteroatoms. The molecule has 0 amide bonds. The first-order chi connectivity index (χ1) is 9.63. The highest BCUT2D eigenvalue weighted by Gasteiger charge is 2.32. The molecule has 1 fully saturated rings. The Morgan fingerprint density at radius 2 is 2.35 bits per heavy atom. The minimum atomic E-state index is -0.828. The van der Waals surface area contributed by atoms with Crippen LogP contribution in [0.4, 0.5) is 4.39 Å². The van der Waals surface area contributed by atoms with Gasteiger partial charge >= 0.3 is 5.97 Å². The molecule has 1 aromatic carbocycles. The number of hydrogen-bond acceptors (Lipinski definition) is 3. The second-order valence-electron chi connectivity index (χ2n) is 5.48. The van der Waals surface area contributed by atoms with Crippen LogP contribution in [0, 0.1) is 5.82 Å². The molecule has 0 saturated carbocycles. The lowest BCUT2D eigenvalue weighted by atomic mass is 10.1. The van der Waals surface area contributed by atoms with E-state index in [1.54, 1.807) is 6.07 Å². The zero-order chi connectivity index (χ0) is 14.1. The summed E-state index contributed by atoms with van der Waals surface area (Å²) in [6.07, 6.45) is 1.65. The number of aryl methyl sites for hydroxylation is 1. The Balaban J connectivity index is 1.73. The highest BCUT2D eigenvalue weighted by atomic mass is 19.1. The number of morpholine rings is 1. The second-order valence-corrected chi connectivity index (χ2v) is 5.48. The third-order valence-corrected chi connectivity index (χ3v) is 4.16. The third-order valence-electron chi connectivity index (χ3n) is 4.16. The number of hydrogen-bond donors (Lipinski definition) is 1. The summed E-state index contributed by atoms with van der Waals surface area (Å²) < 4.78 is 18.7. The third kappa shape index (κ3) is 2.69. The molecule has 1 heterocycles. The quantitative estimate of drug-likeness (QED) is 0.919. The number of carboxylic acid groups (broad SMARTS) is 1. The Morgan fingerprint density at radius 1 is 1.50 bits per heavy atom. The molecule has 108 valence electrons. The van der Waals surface area contributed by atoms with Gasteiger partial charge in [0.05, 0.1) is 19.1 Å². The average Bonchev–Trinajstić information content (AvgIpc) is 2.81. The van der Waals surface area contributed by atoms with E-state index >= 15 is 0 Å². The molecular weight excluding hydrogens is 261 g/mol. The fourth-order valence-corrected chi connectivity index (χ4v) is 3.29. The van der Waals surface area contributed by atoms with Crippen LogP contribution in [-0.2, 0) is 16.0 Å². The van der Waals surface area contributed by atoms with Gasteiger partial charge in [-0.2, -0.15) is 0 Å². The van der Waals surface area contributed by atoms with Gasteiger partial charge in [-0.15, -0.1) is 0 Å². The fraction of sp³-hybridized carbons (Fsp3) is 0.533. The maximum atomic E-state index is 13.2. The maximum absolute atomic E-state index is 13.2. The number of benzene rings is 1. The molecule has 1 N–H and O–H groups in total. The summed E-state index contributed by atoms with van der Waals surface area (Å²) >= 11 is 0. The van der Waals surface area contributed by atoms with Crippen LogP contribution in [0.5, 0.6) is 0 Å². The standard InChI is InChI=1S/C15H18FNO3/c16-11-2-3-13-10(7-11)1-4-14(13)17-5-6-20-12(9-17)8-15(18)19/h2-3,7,12,14H,1,4-6,8-9H2,(H,18,19). The van der Waals surface area contributed by atoms with E-state index in [2.05, 4.69) is 4.90 Å². The molecule has 4 nitrogen and oxygen atoms in total. The lowest BCUT2D eigenvalue weighted by Gasteiger charge is -2.36. The summed E-state index contributed by atoms with van der Waals surface area (Å²) in [5, 5.41) is 8.87. The minimum absolute atomic E-state index is 0.0412. The van der Waals surface area contributed by atoms with Gasteiger partial charge in [-0.05, 0) is 36.1 Å². The van der Waals surface area contributed by atoms with Gasteiger partial charge in [0.1, 0.15) is 5.82 Å². The first-order valence-corrected chi connectivity index (χ1v) is 6.99. The fourth-order valence-electron chi connectivity index (χ4n) is 3.29. The number of rotatable bonds is 3. The molecule has 2 unspecified atom stereocenters. The van der Waals surface area contributed by atoms with Crippen molar-refractivity contribution >= 4 is 5.97 Å². The van der Waals surface area contributed by atoms with Gasteiger partial charge in [-0.3, -0.25) is 9.69 Å². The second kappa shape index (κ2) is 5.50.